The molecule has 1 saturated heterocycles. The summed E-state index contributed by atoms with van der Waals surface area (Å²) in [6, 6.07) is 0.505. The van der Waals surface area contributed by atoms with Crippen molar-refractivity contribution in [1.29, 1.82) is 0 Å². The Balaban J connectivity index is 0.00000338. The zero-order valence-electron chi connectivity index (χ0n) is 16.8. The van der Waals surface area contributed by atoms with Gasteiger partial charge in [0, 0.05) is 50.7 Å². The van der Waals surface area contributed by atoms with E-state index in [-0.39, 0.29) is 24.0 Å². The van der Waals surface area contributed by atoms with E-state index in [1.165, 1.54) is 0 Å². The van der Waals surface area contributed by atoms with Crippen molar-refractivity contribution in [2.75, 3.05) is 46.3 Å². The average molecular weight is 494 g/mol. The lowest BCUT2D eigenvalue weighted by Gasteiger charge is -2.36. The van der Waals surface area contributed by atoms with Gasteiger partial charge in [-0.05, 0) is 26.8 Å². The molecule has 0 aromatic carbocycles. The summed E-state index contributed by atoms with van der Waals surface area (Å²) in [5.74, 6) is 1.36. The Labute approximate surface area is 179 Å². The monoisotopic (exact) mass is 494 g/mol. The van der Waals surface area contributed by atoms with Gasteiger partial charge in [-0.1, -0.05) is 13.8 Å². The highest BCUT2D eigenvalue weighted by atomic mass is 127. The molecular weight excluding hydrogens is 459 g/mol. The molecule has 6 nitrogen and oxygen atoms in total. The molecule has 2 rings (SSSR count). The van der Waals surface area contributed by atoms with E-state index in [2.05, 4.69) is 65.5 Å². The van der Waals surface area contributed by atoms with Gasteiger partial charge in [-0.25, -0.2) is 9.98 Å². The Hall–Kier alpha value is -0.450. The molecule has 26 heavy (non-hydrogen) atoms. The van der Waals surface area contributed by atoms with E-state index in [1.54, 1.807) is 11.3 Å². The zero-order valence-corrected chi connectivity index (χ0v) is 19.9. The van der Waals surface area contributed by atoms with Crippen LogP contribution in [-0.4, -0.2) is 73.1 Å². The summed E-state index contributed by atoms with van der Waals surface area (Å²) >= 11 is 1.70. The fourth-order valence-electron chi connectivity index (χ4n) is 2.79. The lowest BCUT2D eigenvalue weighted by atomic mass is 10.2. The highest BCUT2D eigenvalue weighted by Gasteiger charge is 2.19. The van der Waals surface area contributed by atoms with Crippen LogP contribution < -0.4 is 10.6 Å². The number of nitrogens with zero attached hydrogens (tertiary/aromatic N) is 4. The van der Waals surface area contributed by atoms with Crippen LogP contribution >= 0.6 is 35.3 Å². The number of guanidine groups is 1. The fourth-order valence-corrected chi connectivity index (χ4v) is 3.67. The summed E-state index contributed by atoms with van der Waals surface area (Å²) in [6.45, 7) is 15.7. The van der Waals surface area contributed by atoms with Gasteiger partial charge >= 0.3 is 0 Å². The Morgan fingerprint density at radius 3 is 2.50 bits per heavy atom. The van der Waals surface area contributed by atoms with E-state index in [0.29, 0.717) is 18.5 Å². The van der Waals surface area contributed by atoms with E-state index < -0.39 is 0 Å². The van der Waals surface area contributed by atoms with Gasteiger partial charge in [-0.2, -0.15) is 0 Å². The Bertz CT molecular complexity index is 540. The van der Waals surface area contributed by atoms with Crippen molar-refractivity contribution < 1.29 is 0 Å². The molecule has 1 unspecified atom stereocenters. The molecule has 150 valence electrons. The van der Waals surface area contributed by atoms with Crippen molar-refractivity contribution in [3.63, 3.8) is 0 Å². The van der Waals surface area contributed by atoms with Gasteiger partial charge in [0.25, 0.3) is 0 Å². The second kappa shape index (κ2) is 12.1. The highest BCUT2D eigenvalue weighted by Crippen LogP contribution is 2.18. The first-order valence-corrected chi connectivity index (χ1v) is 10.3. The van der Waals surface area contributed by atoms with Crippen LogP contribution in [0, 0.1) is 0 Å². The molecule has 0 amide bonds. The predicted molar refractivity (Wildman–Crippen MR) is 123 cm³/mol. The number of hydrogen-bond donors (Lipinski definition) is 2. The molecule has 0 saturated carbocycles. The Morgan fingerprint density at radius 1 is 1.23 bits per heavy atom. The molecule has 1 fully saturated rings. The van der Waals surface area contributed by atoms with Gasteiger partial charge in [-0.3, -0.25) is 4.90 Å². The molecule has 0 aliphatic carbocycles. The first-order valence-electron chi connectivity index (χ1n) is 9.38. The number of aliphatic imine (C=N–C) groups is 1. The number of thiazole rings is 1. The summed E-state index contributed by atoms with van der Waals surface area (Å²) in [4.78, 5) is 14.3. The normalized spacial score (nSPS) is 17.8. The zero-order chi connectivity index (χ0) is 18.2. The van der Waals surface area contributed by atoms with Crippen LogP contribution in [-0.2, 0) is 6.54 Å². The maximum atomic E-state index is 4.70. The Kier molecular flexibility index (Phi) is 11.0. The second-order valence-corrected chi connectivity index (χ2v) is 8.03. The number of nitrogens with one attached hydrogen (secondary N) is 2. The van der Waals surface area contributed by atoms with E-state index in [0.717, 1.165) is 55.9 Å². The number of aromatic nitrogens is 1. The fraction of sp³-hybridized carbons (Fsp3) is 0.778. The van der Waals surface area contributed by atoms with E-state index >= 15 is 0 Å². The van der Waals surface area contributed by atoms with Crippen LogP contribution in [0.4, 0.5) is 0 Å². The van der Waals surface area contributed by atoms with E-state index in [4.69, 9.17) is 4.99 Å². The first-order chi connectivity index (χ1) is 12.0. The molecule has 1 aliphatic rings. The lowest BCUT2D eigenvalue weighted by Crippen LogP contribution is -2.52. The smallest absolute Gasteiger partial charge is 0.191 e. The number of likely N-dealkylation sites (N-methyl/N-ethyl adjacent to an activating group) is 1. The third-order valence-electron chi connectivity index (χ3n) is 4.60. The minimum absolute atomic E-state index is 0. The maximum Gasteiger partial charge on any atom is 0.191 e. The molecule has 1 aromatic rings. The van der Waals surface area contributed by atoms with Gasteiger partial charge < -0.3 is 15.5 Å². The van der Waals surface area contributed by atoms with Gasteiger partial charge in [-0.15, -0.1) is 35.3 Å². The minimum atomic E-state index is 0. The van der Waals surface area contributed by atoms with Crippen molar-refractivity contribution in [1.82, 2.24) is 25.4 Å². The Morgan fingerprint density at radius 2 is 1.92 bits per heavy atom. The molecule has 2 N–H and O–H groups in total. The van der Waals surface area contributed by atoms with Crippen molar-refractivity contribution >= 4 is 41.3 Å². The molecule has 8 heteroatoms. The number of hydrogen-bond acceptors (Lipinski definition) is 5. The third kappa shape index (κ3) is 7.66. The molecular formula is C18H35IN6S. The number of rotatable bonds is 7. The summed E-state index contributed by atoms with van der Waals surface area (Å²) in [5.41, 5.74) is 1.16. The van der Waals surface area contributed by atoms with Crippen molar-refractivity contribution in [3.8, 4) is 0 Å². The van der Waals surface area contributed by atoms with Crippen LogP contribution in [0.1, 0.15) is 44.3 Å². The predicted octanol–water partition coefficient (Wildman–Crippen LogP) is 2.58. The molecule has 1 aromatic heterocycles. The quantitative estimate of drug-likeness (QED) is 0.347. The van der Waals surface area contributed by atoms with Crippen LogP contribution in [0.2, 0.25) is 0 Å². The summed E-state index contributed by atoms with van der Waals surface area (Å²) < 4.78 is 0. The minimum Gasteiger partial charge on any atom is -0.357 e. The molecule has 0 spiro atoms. The second-order valence-electron chi connectivity index (χ2n) is 7.09. The highest BCUT2D eigenvalue weighted by molar-refractivity contribution is 14.0. The summed E-state index contributed by atoms with van der Waals surface area (Å²) in [7, 11) is 2.19. The molecule has 0 radical (unpaired) electrons. The van der Waals surface area contributed by atoms with Crippen LogP contribution in [0.15, 0.2) is 10.4 Å². The third-order valence-corrected chi connectivity index (χ3v) is 5.46. The van der Waals surface area contributed by atoms with Crippen LogP contribution in [0.3, 0.4) is 0 Å². The van der Waals surface area contributed by atoms with Gasteiger partial charge in [0.05, 0.1) is 12.2 Å². The van der Waals surface area contributed by atoms with Gasteiger partial charge in [0.2, 0.25) is 0 Å². The first kappa shape index (κ1) is 23.6. The van der Waals surface area contributed by atoms with Gasteiger partial charge in [0.1, 0.15) is 5.01 Å². The largest absolute Gasteiger partial charge is 0.357 e. The van der Waals surface area contributed by atoms with Crippen LogP contribution in [0.5, 0.6) is 0 Å². The van der Waals surface area contributed by atoms with Crippen molar-refractivity contribution in [3.05, 3.63) is 16.1 Å². The van der Waals surface area contributed by atoms with Gasteiger partial charge in [0.15, 0.2) is 5.96 Å². The van der Waals surface area contributed by atoms with Crippen molar-refractivity contribution in [2.45, 2.75) is 46.2 Å². The summed E-state index contributed by atoms with van der Waals surface area (Å²) in [6.07, 6.45) is 0. The topological polar surface area (TPSA) is 55.8 Å². The van der Waals surface area contributed by atoms with Crippen LogP contribution in [0.25, 0.3) is 0 Å². The van der Waals surface area contributed by atoms with E-state index in [9.17, 15) is 0 Å². The average Bonchev–Trinajstić information content (AvgIpc) is 3.07. The molecule has 1 atom stereocenters. The number of piperazine rings is 1. The lowest BCUT2D eigenvalue weighted by molar-refractivity contribution is 0.120. The molecule has 1 aliphatic heterocycles. The van der Waals surface area contributed by atoms with Crippen molar-refractivity contribution in [2.24, 2.45) is 4.99 Å². The van der Waals surface area contributed by atoms with E-state index in [1.807, 2.05) is 0 Å². The maximum absolute atomic E-state index is 4.70. The molecule has 0 bridgehead atoms. The number of halogens is 1. The molecule has 2 heterocycles. The summed E-state index contributed by atoms with van der Waals surface area (Å²) in [5, 5.41) is 10.0. The SMILES string of the molecule is CCNC(=NCc1nc(C(C)C)cs1)NCC(C)N1CCN(C)CC1.I. The standard InChI is InChI=1S/C18H34N6S.HI/c1-6-19-18(21-12-17-22-16(13-25-17)14(2)3)20-11-15(4)24-9-7-23(5)8-10-24;/h13-15H,6-12H2,1-5H3,(H2,19,20,21);1H.